The van der Waals surface area contributed by atoms with Crippen molar-refractivity contribution in [3.05, 3.63) is 60.2 Å². The molecule has 2 rings (SSSR count). The fraction of sp³-hybridized carbons (Fsp3) is 0. The standard InChI is InChI=1S/C12H8F2O5S2/c13-9-1-5-11(6-2-9)20(15,16)19-21(17,18)12-7-3-10(14)4-8-12/h1-8H. The number of rotatable bonds is 4. The third-order valence-corrected chi connectivity index (χ3v) is 5.52. The fourth-order valence-electron chi connectivity index (χ4n) is 1.40. The van der Waals surface area contributed by atoms with E-state index >= 15 is 0 Å². The first-order chi connectivity index (χ1) is 9.71. The van der Waals surface area contributed by atoms with E-state index in [2.05, 4.69) is 3.63 Å². The normalized spacial score (nSPS) is 12.3. The van der Waals surface area contributed by atoms with E-state index in [0.29, 0.717) is 0 Å². The average molecular weight is 334 g/mol. The molecule has 9 heteroatoms. The molecule has 0 spiro atoms. The molecule has 0 fully saturated rings. The van der Waals surface area contributed by atoms with E-state index in [1.807, 2.05) is 0 Å². The van der Waals surface area contributed by atoms with Crippen molar-refractivity contribution < 1.29 is 29.2 Å². The molecule has 21 heavy (non-hydrogen) atoms. The molecule has 2 aromatic carbocycles. The van der Waals surface area contributed by atoms with Crippen LogP contribution in [-0.2, 0) is 23.9 Å². The first kappa shape index (κ1) is 15.5. The van der Waals surface area contributed by atoms with Gasteiger partial charge in [-0.1, -0.05) is 0 Å². The predicted octanol–water partition coefficient (Wildman–Crippen LogP) is 2.06. The van der Waals surface area contributed by atoms with Crippen LogP contribution in [0.4, 0.5) is 8.78 Å². The Hall–Kier alpha value is -1.84. The summed E-state index contributed by atoms with van der Waals surface area (Å²) in [6, 6.07) is 6.86. The van der Waals surface area contributed by atoms with Crippen LogP contribution in [0.1, 0.15) is 0 Å². The van der Waals surface area contributed by atoms with Crippen LogP contribution in [-0.4, -0.2) is 16.8 Å². The van der Waals surface area contributed by atoms with Gasteiger partial charge < -0.3 is 0 Å². The van der Waals surface area contributed by atoms with Crippen LogP contribution >= 0.6 is 0 Å². The zero-order valence-electron chi connectivity index (χ0n) is 10.2. The van der Waals surface area contributed by atoms with Gasteiger partial charge in [0.15, 0.2) is 0 Å². The highest BCUT2D eigenvalue weighted by atomic mass is 32.3. The van der Waals surface area contributed by atoms with Crippen molar-refractivity contribution in [2.24, 2.45) is 0 Å². The number of halogens is 2. The molecule has 0 aromatic heterocycles. The lowest BCUT2D eigenvalue weighted by molar-refractivity contribution is 0.461. The van der Waals surface area contributed by atoms with Crippen molar-refractivity contribution in [1.82, 2.24) is 0 Å². The lowest BCUT2D eigenvalue weighted by Gasteiger charge is -2.06. The monoisotopic (exact) mass is 334 g/mol. The summed E-state index contributed by atoms with van der Waals surface area (Å²) in [6.07, 6.45) is 0. The van der Waals surface area contributed by atoms with Gasteiger partial charge in [-0.2, -0.15) is 16.8 Å². The minimum absolute atomic E-state index is 0.519. The molecule has 0 unspecified atom stereocenters. The second kappa shape index (κ2) is 5.51. The summed E-state index contributed by atoms with van der Waals surface area (Å²) in [4.78, 5) is -1.04. The van der Waals surface area contributed by atoms with Crippen molar-refractivity contribution in [2.75, 3.05) is 0 Å². The first-order valence-corrected chi connectivity index (χ1v) is 8.25. The van der Waals surface area contributed by atoms with Crippen LogP contribution in [0.2, 0.25) is 0 Å². The van der Waals surface area contributed by atoms with Gasteiger partial charge in [0.05, 0.1) is 9.79 Å². The largest absolute Gasteiger partial charge is 0.311 e. The Labute approximate surface area is 120 Å². The van der Waals surface area contributed by atoms with Crippen LogP contribution < -0.4 is 0 Å². The number of hydrogen-bond acceptors (Lipinski definition) is 5. The molecule has 0 radical (unpaired) electrons. The van der Waals surface area contributed by atoms with Gasteiger partial charge in [0.1, 0.15) is 11.6 Å². The van der Waals surface area contributed by atoms with E-state index in [0.717, 1.165) is 48.5 Å². The lowest BCUT2D eigenvalue weighted by atomic mass is 10.4. The summed E-state index contributed by atoms with van der Waals surface area (Å²) >= 11 is 0. The minimum Gasteiger partial charge on any atom is -0.207 e. The molecule has 0 atom stereocenters. The van der Waals surface area contributed by atoms with Crippen molar-refractivity contribution in [3.8, 4) is 0 Å². The predicted molar refractivity (Wildman–Crippen MR) is 68.3 cm³/mol. The molecule has 0 aliphatic rings. The highest BCUT2D eigenvalue weighted by Gasteiger charge is 2.26. The van der Waals surface area contributed by atoms with E-state index in [1.165, 1.54) is 0 Å². The summed E-state index contributed by atoms with van der Waals surface area (Å²) in [5.41, 5.74) is 0. The van der Waals surface area contributed by atoms with Crippen molar-refractivity contribution in [1.29, 1.82) is 0 Å². The molecule has 112 valence electrons. The van der Waals surface area contributed by atoms with Crippen LogP contribution in [0.3, 0.4) is 0 Å². The Morgan fingerprint density at radius 1 is 0.619 bits per heavy atom. The quantitative estimate of drug-likeness (QED) is 0.855. The Kier molecular flexibility index (Phi) is 4.08. The Morgan fingerprint density at radius 3 is 1.19 bits per heavy atom. The first-order valence-electron chi connectivity index (χ1n) is 5.43. The molecule has 0 saturated heterocycles. The molecule has 0 amide bonds. The Balaban J connectivity index is 2.35. The number of benzene rings is 2. The molecule has 0 N–H and O–H groups in total. The SMILES string of the molecule is O=S(=O)(OS(=O)(=O)c1ccc(F)cc1)c1ccc(F)cc1. The zero-order valence-corrected chi connectivity index (χ0v) is 11.9. The minimum atomic E-state index is -4.64. The smallest absolute Gasteiger partial charge is 0.207 e. The second-order valence-corrected chi connectivity index (χ2v) is 7.19. The average Bonchev–Trinajstić information content (AvgIpc) is 2.38. The van der Waals surface area contributed by atoms with Crippen LogP contribution in [0, 0.1) is 11.6 Å². The molecule has 2 aromatic rings. The van der Waals surface area contributed by atoms with E-state index in [4.69, 9.17) is 0 Å². The fourth-order valence-corrected chi connectivity index (χ4v) is 3.91. The van der Waals surface area contributed by atoms with Crippen molar-refractivity contribution in [3.63, 3.8) is 0 Å². The second-order valence-electron chi connectivity index (χ2n) is 3.88. The number of hydrogen-bond donors (Lipinski definition) is 0. The molecular weight excluding hydrogens is 326 g/mol. The van der Waals surface area contributed by atoms with Crippen molar-refractivity contribution in [2.45, 2.75) is 9.79 Å². The summed E-state index contributed by atoms with van der Waals surface area (Å²) in [6.45, 7) is 0. The maximum absolute atomic E-state index is 12.7. The highest BCUT2D eigenvalue weighted by Crippen LogP contribution is 2.20. The van der Waals surface area contributed by atoms with Gasteiger partial charge in [-0.3, -0.25) is 0 Å². The maximum atomic E-state index is 12.7. The molecule has 0 aliphatic carbocycles. The lowest BCUT2D eigenvalue weighted by Crippen LogP contribution is -2.14. The van der Waals surface area contributed by atoms with Gasteiger partial charge in [-0.25, -0.2) is 8.78 Å². The van der Waals surface area contributed by atoms with Gasteiger partial charge in [0.25, 0.3) is 0 Å². The van der Waals surface area contributed by atoms with Crippen LogP contribution in [0.25, 0.3) is 0 Å². The molecule has 0 aliphatic heterocycles. The molecule has 0 saturated carbocycles. The van der Waals surface area contributed by atoms with Crippen LogP contribution in [0.5, 0.6) is 0 Å². The van der Waals surface area contributed by atoms with Gasteiger partial charge >= 0.3 is 20.2 Å². The van der Waals surface area contributed by atoms with Gasteiger partial charge in [-0.05, 0) is 48.5 Å². The molecule has 5 nitrogen and oxygen atoms in total. The van der Waals surface area contributed by atoms with E-state index < -0.39 is 41.7 Å². The van der Waals surface area contributed by atoms with Gasteiger partial charge in [0, 0.05) is 0 Å². The topological polar surface area (TPSA) is 77.5 Å². The summed E-state index contributed by atoms with van der Waals surface area (Å²) < 4.78 is 76.8. The van der Waals surface area contributed by atoms with Gasteiger partial charge in [-0.15, -0.1) is 3.63 Å². The van der Waals surface area contributed by atoms with E-state index in [9.17, 15) is 25.6 Å². The Morgan fingerprint density at radius 2 is 0.905 bits per heavy atom. The van der Waals surface area contributed by atoms with Gasteiger partial charge in [0.2, 0.25) is 0 Å². The Bertz CT molecular complexity index is 768. The molecule has 0 heterocycles. The molecule has 0 bridgehead atoms. The third kappa shape index (κ3) is 3.63. The van der Waals surface area contributed by atoms with Crippen LogP contribution in [0.15, 0.2) is 58.3 Å². The summed E-state index contributed by atoms with van der Waals surface area (Å²) in [5, 5.41) is 0. The zero-order chi connectivity index (χ0) is 15.7. The highest BCUT2D eigenvalue weighted by molar-refractivity contribution is 7.99. The van der Waals surface area contributed by atoms with E-state index in [1.54, 1.807) is 0 Å². The third-order valence-electron chi connectivity index (χ3n) is 2.38. The van der Waals surface area contributed by atoms with E-state index in [-0.39, 0.29) is 0 Å². The summed E-state index contributed by atoms with van der Waals surface area (Å²) in [7, 11) is -9.28. The molecular formula is C12H8F2O5S2. The summed E-state index contributed by atoms with van der Waals surface area (Å²) in [5.74, 6) is -1.37. The van der Waals surface area contributed by atoms with Crippen molar-refractivity contribution >= 4 is 20.2 Å². The maximum Gasteiger partial charge on any atom is 0.311 e.